The van der Waals surface area contributed by atoms with Crippen molar-refractivity contribution in [3.63, 3.8) is 0 Å². The summed E-state index contributed by atoms with van der Waals surface area (Å²) < 4.78 is 49.5. The van der Waals surface area contributed by atoms with Crippen molar-refractivity contribution >= 4 is 43.8 Å². The maximum atomic E-state index is 14.3. The van der Waals surface area contributed by atoms with Crippen molar-refractivity contribution in [1.29, 1.82) is 0 Å². The summed E-state index contributed by atoms with van der Waals surface area (Å²) in [6.07, 6.45) is 1.13. The van der Waals surface area contributed by atoms with Crippen LogP contribution in [-0.2, 0) is 21.4 Å². The fourth-order valence-corrected chi connectivity index (χ4v) is 6.54. The molecule has 1 saturated heterocycles. The summed E-state index contributed by atoms with van der Waals surface area (Å²) >= 11 is 0. The quantitative estimate of drug-likeness (QED) is 0.242. The largest absolute Gasteiger partial charge is 0.495 e. The predicted octanol–water partition coefficient (Wildman–Crippen LogP) is 3.21. The van der Waals surface area contributed by atoms with Crippen LogP contribution in [0.25, 0.3) is 10.8 Å². The average molecular weight is 596 g/mol. The predicted molar refractivity (Wildman–Crippen MR) is 154 cm³/mol. The van der Waals surface area contributed by atoms with Crippen molar-refractivity contribution in [3.05, 3.63) is 99.2 Å². The molecule has 0 bridgehead atoms. The molecule has 0 radical (unpaired) electrons. The van der Waals surface area contributed by atoms with Gasteiger partial charge in [0.05, 0.1) is 23.4 Å². The Kier molecular flexibility index (Phi) is 7.91. The number of carbonyl (C=O) groups is 1. The number of ether oxygens (including phenoxy) is 1. The monoisotopic (exact) mass is 595 g/mol. The molecule has 14 heteroatoms. The third-order valence-corrected chi connectivity index (χ3v) is 8.91. The van der Waals surface area contributed by atoms with Crippen LogP contribution in [0.2, 0.25) is 0 Å². The molecule has 4 aromatic rings. The molecule has 5 rings (SSSR count). The number of hydrogen-bond donors (Lipinski definition) is 1. The lowest BCUT2D eigenvalue weighted by molar-refractivity contribution is -0.384. The minimum atomic E-state index is -4.14. The number of para-hydroxylation sites is 1. The van der Waals surface area contributed by atoms with E-state index in [1.165, 1.54) is 41.7 Å². The molecule has 0 saturated carbocycles. The Morgan fingerprint density at radius 2 is 1.69 bits per heavy atom. The number of nitro groups is 1. The van der Waals surface area contributed by atoms with Gasteiger partial charge in [-0.2, -0.15) is 4.31 Å². The number of benzene rings is 3. The van der Waals surface area contributed by atoms with Crippen LogP contribution in [0.1, 0.15) is 0 Å². The Morgan fingerprint density at radius 1 is 1.02 bits per heavy atom. The van der Waals surface area contributed by atoms with E-state index in [1.54, 1.807) is 35.2 Å². The van der Waals surface area contributed by atoms with Crippen LogP contribution < -0.4 is 20.5 Å². The molecule has 1 aliphatic rings. The van der Waals surface area contributed by atoms with Crippen LogP contribution >= 0.6 is 0 Å². The number of fused-ring (bicyclic) bond motifs is 1. The van der Waals surface area contributed by atoms with Gasteiger partial charge in [-0.3, -0.25) is 19.7 Å². The van der Waals surface area contributed by atoms with Gasteiger partial charge >= 0.3 is 0 Å². The lowest BCUT2D eigenvalue weighted by Gasteiger charge is -2.35. The van der Waals surface area contributed by atoms with Gasteiger partial charge in [0, 0.05) is 55.3 Å². The molecule has 1 fully saturated rings. The number of anilines is 2. The van der Waals surface area contributed by atoms with Gasteiger partial charge in [-0.15, -0.1) is 0 Å². The van der Waals surface area contributed by atoms with E-state index in [-0.39, 0.29) is 59.0 Å². The number of piperazine rings is 1. The summed E-state index contributed by atoms with van der Waals surface area (Å²) in [7, 11) is -2.81. The number of carbonyl (C=O) groups excluding carboxylic acids is 1. The normalized spacial score (nSPS) is 14.1. The van der Waals surface area contributed by atoms with Gasteiger partial charge in [0.1, 0.15) is 23.0 Å². The van der Waals surface area contributed by atoms with Crippen molar-refractivity contribution in [3.8, 4) is 5.75 Å². The number of methoxy groups -OCH3 is 1. The minimum absolute atomic E-state index is 0.0195. The Bertz CT molecular complexity index is 1850. The van der Waals surface area contributed by atoms with Crippen molar-refractivity contribution in [2.24, 2.45) is 0 Å². The fraction of sp³-hybridized carbons (Fsp3) is 0.214. The standard InChI is InChI=1S/C28H26FN5O7S/c1-41-25-11-10-19(34(37)38)16-23(25)30-27(35)18-32-17-26(20-6-2-3-7-21(20)28(32)36)42(39,40)33-14-12-31(13-15-33)24-9-5-4-8-22(24)29/h2-11,16-17H,12-15,18H2,1H3,(H,30,35). The molecule has 1 aliphatic heterocycles. The zero-order chi connectivity index (χ0) is 30.0. The van der Waals surface area contributed by atoms with Gasteiger partial charge in [-0.05, 0) is 24.3 Å². The highest BCUT2D eigenvalue weighted by atomic mass is 32.2. The van der Waals surface area contributed by atoms with Crippen LogP contribution in [0.15, 0.2) is 82.6 Å². The lowest BCUT2D eigenvalue weighted by Crippen LogP contribution is -2.49. The highest BCUT2D eigenvalue weighted by Crippen LogP contribution is 2.30. The van der Waals surface area contributed by atoms with Crippen molar-refractivity contribution in [1.82, 2.24) is 8.87 Å². The second-order valence-electron chi connectivity index (χ2n) is 9.50. The maximum Gasteiger partial charge on any atom is 0.271 e. The zero-order valence-corrected chi connectivity index (χ0v) is 23.2. The van der Waals surface area contributed by atoms with Gasteiger partial charge in [0.25, 0.3) is 11.2 Å². The van der Waals surface area contributed by atoms with Crippen LogP contribution in [0, 0.1) is 15.9 Å². The van der Waals surface area contributed by atoms with E-state index in [4.69, 9.17) is 4.74 Å². The van der Waals surface area contributed by atoms with E-state index in [1.807, 2.05) is 0 Å². The number of nitro benzene ring substituents is 1. The van der Waals surface area contributed by atoms with E-state index in [0.29, 0.717) is 5.69 Å². The lowest BCUT2D eigenvalue weighted by atomic mass is 10.2. The topological polar surface area (TPSA) is 144 Å². The minimum Gasteiger partial charge on any atom is -0.495 e. The summed E-state index contributed by atoms with van der Waals surface area (Å²) in [6.45, 7) is 0.101. The SMILES string of the molecule is COc1ccc([N+](=O)[O-])cc1NC(=O)Cn1cc(S(=O)(=O)N2CCN(c3ccccc3F)CC2)c2ccccc2c1=O. The number of nitrogens with zero attached hydrogens (tertiary/aromatic N) is 4. The van der Waals surface area contributed by atoms with Crippen LogP contribution in [0.5, 0.6) is 5.75 Å². The molecule has 1 aromatic heterocycles. The summed E-state index contributed by atoms with van der Waals surface area (Å²) in [5.74, 6) is -0.960. The number of sulfonamides is 1. The second kappa shape index (κ2) is 11.6. The Hall–Kier alpha value is -4.82. The number of hydrogen-bond acceptors (Lipinski definition) is 8. The first-order valence-electron chi connectivity index (χ1n) is 12.8. The van der Waals surface area contributed by atoms with Crippen LogP contribution in [0.3, 0.4) is 0 Å². The average Bonchev–Trinajstić information content (AvgIpc) is 2.98. The van der Waals surface area contributed by atoms with Gasteiger partial charge in [-0.1, -0.05) is 30.3 Å². The van der Waals surface area contributed by atoms with Crippen LogP contribution in [-0.4, -0.2) is 61.4 Å². The third-order valence-electron chi connectivity index (χ3n) is 6.99. The molecule has 2 heterocycles. The zero-order valence-electron chi connectivity index (χ0n) is 22.4. The number of halogens is 1. The van der Waals surface area contributed by atoms with E-state index >= 15 is 0 Å². The van der Waals surface area contributed by atoms with Crippen LogP contribution in [0.4, 0.5) is 21.5 Å². The maximum absolute atomic E-state index is 14.3. The summed E-state index contributed by atoms with van der Waals surface area (Å²) in [5, 5.41) is 14.0. The molecule has 0 atom stereocenters. The third kappa shape index (κ3) is 5.53. The summed E-state index contributed by atoms with van der Waals surface area (Å²) in [5.41, 5.74) is -0.460. The molecule has 42 heavy (non-hydrogen) atoms. The molecular weight excluding hydrogens is 569 g/mol. The molecule has 0 aliphatic carbocycles. The summed E-state index contributed by atoms with van der Waals surface area (Å²) in [4.78, 5) is 38.5. The first-order chi connectivity index (χ1) is 20.1. The highest BCUT2D eigenvalue weighted by Gasteiger charge is 2.31. The number of amides is 1. The number of non-ortho nitro benzene ring substituents is 1. The second-order valence-corrected chi connectivity index (χ2v) is 11.4. The van der Waals surface area contributed by atoms with E-state index in [0.717, 1.165) is 16.8 Å². The van der Waals surface area contributed by atoms with Crippen molar-refractivity contribution in [2.45, 2.75) is 11.4 Å². The number of rotatable bonds is 8. The molecule has 0 spiro atoms. The Labute approximate surface area is 239 Å². The first-order valence-corrected chi connectivity index (χ1v) is 14.3. The molecule has 218 valence electrons. The van der Waals surface area contributed by atoms with Gasteiger partial charge < -0.3 is 19.5 Å². The van der Waals surface area contributed by atoms with Gasteiger partial charge in [-0.25, -0.2) is 12.8 Å². The molecular formula is C28H26FN5O7S. The van der Waals surface area contributed by atoms with Crippen molar-refractivity contribution in [2.75, 3.05) is 43.5 Å². The number of pyridine rings is 1. The van der Waals surface area contributed by atoms with E-state index in [2.05, 4.69) is 5.32 Å². The molecule has 12 nitrogen and oxygen atoms in total. The van der Waals surface area contributed by atoms with Gasteiger partial charge in [0.2, 0.25) is 15.9 Å². The fourth-order valence-electron chi connectivity index (χ4n) is 4.90. The summed E-state index contributed by atoms with van der Waals surface area (Å²) in [6, 6.07) is 16.1. The van der Waals surface area contributed by atoms with E-state index in [9.17, 15) is 32.5 Å². The molecule has 1 amide bonds. The number of nitrogens with one attached hydrogen (secondary N) is 1. The molecule has 0 unspecified atom stereocenters. The van der Waals surface area contributed by atoms with E-state index < -0.39 is 38.8 Å². The Morgan fingerprint density at radius 3 is 2.36 bits per heavy atom. The first kappa shape index (κ1) is 28.7. The smallest absolute Gasteiger partial charge is 0.271 e. The number of aromatic nitrogens is 1. The molecule has 1 N–H and O–H groups in total. The highest BCUT2D eigenvalue weighted by molar-refractivity contribution is 7.89. The van der Waals surface area contributed by atoms with Crippen molar-refractivity contribution < 1.29 is 27.3 Å². The molecule has 3 aromatic carbocycles. The Balaban J connectivity index is 1.44. The van der Waals surface area contributed by atoms with Gasteiger partial charge in [0.15, 0.2) is 0 Å².